The van der Waals surface area contributed by atoms with Gasteiger partial charge in [-0.15, -0.1) is 0 Å². The summed E-state index contributed by atoms with van der Waals surface area (Å²) < 4.78 is 40.8. The second kappa shape index (κ2) is 6.00. The molecule has 0 heterocycles. The molecule has 0 spiro atoms. The highest BCUT2D eigenvalue weighted by molar-refractivity contribution is 7.89. The molecule has 1 aliphatic carbocycles. The Kier molecular flexibility index (Phi) is 4.67. The van der Waals surface area contributed by atoms with E-state index in [1.54, 1.807) is 0 Å². The zero-order chi connectivity index (χ0) is 15.7. The molecule has 21 heavy (non-hydrogen) atoms. The lowest BCUT2D eigenvalue weighted by Gasteiger charge is -2.47. The van der Waals surface area contributed by atoms with E-state index in [0.717, 1.165) is 25.3 Å². The third-order valence-electron chi connectivity index (χ3n) is 4.29. The molecule has 0 radical (unpaired) electrons. The van der Waals surface area contributed by atoms with Crippen molar-refractivity contribution in [1.29, 1.82) is 0 Å². The van der Waals surface area contributed by atoms with Crippen LogP contribution in [0.25, 0.3) is 0 Å². The van der Waals surface area contributed by atoms with Crippen molar-refractivity contribution in [3.63, 3.8) is 0 Å². The molecule has 0 aromatic heterocycles. The van der Waals surface area contributed by atoms with E-state index in [2.05, 4.69) is 4.72 Å². The van der Waals surface area contributed by atoms with Crippen LogP contribution in [0.3, 0.4) is 0 Å². The number of hydrogen-bond donors (Lipinski definition) is 2. The third kappa shape index (κ3) is 3.26. The molecule has 0 amide bonds. The minimum atomic E-state index is -3.93. The van der Waals surface area contributed by atoms with Gasteiger partial charge in [-0.1, -0.05) is 6.07 Å². The lowest BCUT2D eigenvalue weighted by atomic mass is 9.76. The zero-order valence-electron chi connectivity index (χ0n) is 12.3. The minimum Gasteiger partial charge on any atom is -0.392 e. The number of sulfonamides is 1. The van der Waals surface area contributed by atoms with E-state index in [9.17, 15) is 12.8 Å². The highest BCUT2D eigenvalue weighted by atomic mass is 32.2. The predicted molar refractivity (Wildman–Crippen MR) is 77.8 cm³/mol. The fourth-order valence-electron chi connectivity index (χ4n) is 2.53. The third-order valence-corrected chi connectivity index (χ3v) is 5.71. The number of nitrogens with one attached hydrogen (secondary N) is 1. The molecular weight excluding hydrogens is 295 g/mol. The first-order chi connectivity index (χ1) is 9.81. The number of hydrogen-bond acceptors (Lipinski definition) is 4. The SMILES string of the molecule is CN(C)C1(CNS(=O)(=O)c2cc(CO)ccc2F)CCC1. The molecule has 2 N–H and O–H groups in total. The fraction of sp³-hybridized carbons (Fsp3) is 0.571. The second-order valence-corrected chi connectivity index (χ2v) is 7.46. The van der Waals surface area contributed by atoms with Crippen LogP contribution in [0.2, 0.25) is 0 Å². The summed E-state index contributed by atoms with van der Waals surface area (Å²) in [6, 6.07) is 3.59. The van der Waals surface area contributed by atoms with Crippen molar-refractivity contribution in [1.82, 2.24) is 9.62 Å². The molecule has 1 saturated carbocycles. The standard InChI is InChI=1S/C14H21FN2O3S/c1-17(2)14(6-3-7-14)10-16-21(19,20)13-8-11(9-18)4-5-12(13)15/h4-5,8,16,18H,3,6-7,9-10H2,1-2H3. The summed E-state index contributed by atoms with van der Waals surface area (Å²) in [6.07, 6.45) is 2.90. The van der Waals surface area contributed by atoms with Crippen LogP contribution in [0.4, 0.5) is 4.39 Å². The Hall–Kier alpha value is -1.02. The summed E-state index contributed by atoms with van der Waals surface area (Å²) in [7, 11) is -0.0951. The number of likely N-dealkylation sites (N-methyl/N-ethyl adjacent to an activating group) is 1. The number of aliphatic hydroxyl groups excluding tert-OH is 1. The summed E-state index contributed by atoms with van der Waals surface area (Å²) in [4.78, 5) is 1.60. The van der Waals surface area contributed by atoms with Crippen LogP contribution in [0.15, 0.2) is 23.1 Å². The van der Waals surface area contributed by atoms with Gasteiger partial charge in [0.25, 0.3) is 0 Å². The average Bonchev–Trinajstić information content (AvgIpc) is 2.37. The van der Waals surface area contributed by atoms with E-state index >= 15 is 0 Å². The Morgan fingerprint density at radius 1 is 1.38 bits per heavy atom. The number of halogens is 1. The second-order valence-electron chi connectivity index (χ2n) is 5.72. The molecule has 118 valence electrons. The maximum atomic E-state index is 13.8. The van der Waals surface area contributed by atoms with Gasteiger partial charge in [-0.25, -0.2) is 17.5 Å². The van der Waals surface area contributed by atoms with E-state index in [1.165, 1.54) is 12.1 Å². The molecule has 1 aliphatic rings. The maximum absolute atomic E-state index is 13.8. The molecule has 7 heteroatoms. The van der Waals surface area contributed by atoms with Crippen LogP contribution in [-0.4, -0.2) is 44.6 Å². The molecule has 0 aliphatic heterocycles. The van der Waals surface area contributed by atoms with Gasteiger partial charge >= 0.3 is 0 Å². The van der Waals surface area contributed by atoms with Gasteiger partial charge in [0.05, 0.1) is 6.61 Å². The van der Waals surface area contributed by atoms with Gasteiger partial charge < -0.3 is 10.0 Å². The van der Waals surface area contributed by atoms with Gasteiger partial charge in [0.2, 0.25) is 10.0 Å². The largest absolute Gasteiger partial charge is 0.392 e. The number of benzene rings is 1. The summed E-state index contributed by atoms with van der Waals surface area (Å²) in [5.74, 6) is -0.813. The van der Waals surface area contributed by atoms with Crippen LogP contribution in [0.1, 0.15) is 24.8 Å². The van der Waals surface area contributed by atoms with Crippen LogP contribution < -0.4 is 4.72 Å². The van der Waals surface area contributed by atoms with Crippen molar-refractivity contribution >= 4 is 10.0 Å². The Bertz CT molecular complexity index is 613. The van der Waals surface area contributed by atoms with E-state index in [4.69, 9.17) is 5.11 Å². The van der Waals surface area contributed by atoms with Crippen molar-refractivity contribution in [2.24, 2.45) is 0 Å². The molecule has 0 saturated heterocycles. The number of nitrogens with zero attached hydrogens (tertiary/aromatic N) is 1. The van der Waals surface area contributed by atoms with Crippen molar-refractivity contribution < 1.29 is 17.9 Å². The molecule has 0 atom stereocenters. The van der Waals surface area contributed by atoms with Crippen molar-refractivity contribution in [2.45, 2.75) is 36.3 Å². The smallest absolute Gasteiger partial charge is 0.243 e. The average molecular weight is 316 g/mol. The Morgan fingerprint density at radius 2 is 2.05 bits per heavy atom. The predicted octanol–water partition coefficient (Wildman–Crippen LogP) is 1.08. The zero-order valence-corrected chi connectivity index (χ0v) is 13.1. The molecule has 2 rings (SSSR count). The highest BCUT2D eigenvalue weighted by Gasteiger charge is 2.40. The lowest BCUT2D eigenvalue weighted by molar-refractivity contribution is 0.0656. The van der Waals surface area contributed by atoms with E-state index in [1.807, 2.05) is 19.0 Å². The maximum Gasteiger partial charge on any atom is 0.243 e. The first-order valence-electron chi connectivity index (χ1n) is 6.87. The van der Waals surface area contributed by atoms with E-state index in [-0.39, 0.29) is 18.7 Å². The molecule has 1 aromatic carbocycles. The van der Waals surface area contributed by atoms with Gasteiger partial charge in [-0.3, -0.25) is 0 Å². The van der Waals surface area contributed by atoms with Gasteiger partial charge in [0.1, 0.15) is 10.7 Å². The van der Waals surface area contributed by atoms with Crippen LogP contribution >= 0.6 is 0 Å². The van der Waals surface area contributed by atoms with Gasteiger partial charge in [0, 0.05) is 12.1 Å². The summed E-state index contributed by atoms with van der Waals surface area (Å²) in [5, 5.41) is 9.05. The summed E-state index contributed by atoms with van der Waals surface area (Å²) in [5.41, 5.74) is 0.181. The quantitative estimate of drug-likeness (QED) is 0.824. The van der Waals surface area contributed by atoms with Gasteiger partial charge in [0.15, 0.2) is 0 Å². The Morgan fingerprint density at radius 3 is 2.52 bits per heavy atom. The van der Waals surface area contributed by atoms with Crippen LogP contribution in [-0.2, 0) is 16.6 Å². The Balaban J connectivity index is 2.19. The van der Waals surface area contributed by atoms with Crippen molar-refractivity contribution in [3.05, 3.63) is 29.6 Å². The lowest BCUT2D eigenvalue weighted by Crippen LogP contribution is -2.57. The number of aliphatic hydroxyl groups is 1. The summed E-state index contributed by atoms with van der Waals surface area (Å²) in [6.45, 7) is -0.0738. The minimum absolute atomic E-state index is 0.182. The molecule has 1 aromatic rings. The Labute approximate surface area is 124 Å². The molecule has 0 unspecified atom stereocenters. The topological polar surface area (TPSA) is 69.6 Å². The van der Waals surface area contributed by atoms with Crippen molar-refractivity contribution in [3.8, 4) is 0 Å². The van der Waals surface area contributed by atoms with E-state index < -0.39 is 20.7 Å². The van der Waals surface area contributed by atoms with Crippen LogP contribution in [0.5, 0.6) is 0 Å². The first kappa shape index (κ1) is 16.4. The normalized spacial score (nSPS) is 17.8. The molecule has 5 nitrogen and oxygen atoms in total. The van der Waals surface area contributed by atoms with Crippen molar-refractivity contribution in [2.75, 3.05) is 20.6 Å². The summed E-state index contributed by atoms with van der Waals surface area (Å²) >= 11 is 0. The highest BCUT2D eigenvalue weighted by Crippen LogP contribution is 2.35. The first-order valence-corrected chi connectivity index (χ1v) is 8.35. The molecular formula is C14H21FN2O3S. The monoisotopic (exact) mass is 316 g/mol. The fourth-order valence-corrected chi connectivity index (χ4v) is 3.77. The van der Waals surface area contributed by atoms with E-state index in [0.29, 0.717) is 5.56 Å². The number of rotatable bonds is 6. The molecule has 1 fully saturated rings. The van der Waals surface area contributed by atoms with Gasteiger partial charge in [-0.2, -0.15) is 0 Å². The van der Waals surface area contributed by atoms with Crippen LogP contribution in [0, 0.1) is 5.82 Å². The molecule has 0 bridgehead atoms. The van der Waals surface area contributed by atoms with Gasteiger partial charge in [-0.05, 0) is 51.1 Å².